The molecule has 0 unspecified atom stereocenters. The number of aryl methyl sites for hydroxylation is 1. The van der Waals surface area contributed by atoms with Gasteiger partial charge in [-0.15, -0.1) is 0 Å². The van der Waals surface area contributed by atoms with Gasteiger partial charge in [-0.1, -0.05) is 17.3 Å². The lowest BCUT2D eigenvalue weighted by atomic mass is 10.1. The van der Waals surface area contributed by atoms with Gasteiger partial charge in [0.2, 0.25) is 5.76 Å². The van der Waals surface area contributed by atoms with Gasteiger partial charge < -0.3 is 14.9 Å². The zero-order valence-electron chi connectivity index (χ0n) is 11.9. The van der Waals surface area contributed by atoms with Crippen LogP contribution < -0.4 is 5.32 Å². The first-order chi connectivity index (χ1) is 10.6. The van der Waals surface area contributed by atoms with Gasteiger partial charge in [0.05, 0.1) is 5.69 Å². The van der Waals surface area contributed by atoms with Crippen LogP contribution in [0.25, 0.3) is 0 Å². The first-order valence-corrected chi connectivity index (χ1v) is 7.20. The number of carbonyl (C=O) groups is 2. The quantitative estimate of drug-likeness (QED) is 0.855. The second-order valence-electron chi connectivity index (χ2n) is 5.44. The number of benzene rings is 1. The van der Waals surface area contributed by atoms with Crippen LogP contribution in [0.5, 0.6) is 0 Å². The summed E-state index contributed by atoms with van der Waals surface area (Å²) in [6.07, 6.45) is 2.68. The van der Waals surface area contributed by atoms with Crippen molar-refractivity contribution in [3.63, 3.8) is 0 Å². The number of nitrogens with one attached hydrogen (secondary N) is 1. The van der Waals surface area contributed by atoms with Crippen molar-refractivity contribution in [3.05, 3.63) is 47.3 Å². The highest BCUT2D eigenvalue weighted by molar-refractivity contribution is 6.02. The summed E-state index contributed by atoms with van der Waals surface area (Å²) >= 11 is 0. The molecule has 6 nitrogen and oxygen atoms in total. The van der Waals surface area contributed by atoms with Crippen LogP contribution in [-0.4, -0.2) is 22.1 Å². The van der Waals surface area contributed by atoms with Crippen molar-refractivity contribution in [1.29, 1.82) is 0 Å². The van der Waals surface area contributed by atoms with Crippen molar-refractivity contribution in [2.45, 2.75) is 31.6 Å². The predicted octanol–water partition coefficient (Wildman–Crippen LogP) is 2.82. The second kappa shape index (κ2) is 6.01. The highest BCUT2D eigenvalue weighted by Crippen LogP contribution is 2.39. The molecule has 0 radical (unpaired) electrons. The molecule has 0 spiro atoms. The summed E-state index contributed by atoms with van der Waals surface area (Å²) in [7, 11) is 0. The molecular formula is C16H16N2O4. The van der Waals surface area contributed by atoms with E-state index in [1.54, 1.807) is 24.3 Å². The zero-order chi connectivity index (χ0) is 15.5. The van der Waals surface area contributed by atoms with Crippen molar-refractivity contribution in [1.82, 2.24) is 5.16 Å². The van der Waals surface area contributed by atoms with E-state index in [1.165, 1.54) is 0 Å². The van der Waals surface area contributed by atoms with Gasteiger partial charge in [-0.2, -0.15) is 0 Å². The number of carboxylic acid groups (broad SMARTS) is 1. The lowest BCUT2D eigenvalue weighted by molar-refractivity contribution is -0.136. The first-order valence-electron chi connectivity index (χ1n) is 7.20. The van der Waals surface area contributed by atoms with E-state index in [1.807, 2.05) is 6.07 Å². The third-order valence-corrected chi connectivity index (χ3v) is 3.56. The van der Waals surface area contributed by atoms with Crippen molar-refractivity contribution >= 4 is 17.6 Å². The maximum Gasteiger partial charge on any atom is 0.303 e. The van der Waals surface area contributed by atoms with Crippen LogP contribution in [0.4, 0.5) is 5.69 Å². The molecule has 1 aromatic carbocycles. The van der Waals surface area contributed by atoms with Gasteiger partial charge >= 0.3 is 5.97 Å². The number of aliphatic carboxylic acids is 1. The smallest absolute Gasteiger partial charge is 0.303 e. The van der Waals surface area contributed by atoms with Crippen LogP contribution in [0.1, 0.15) is 47.0 Å². The topological polar surface area (TPSA) is 92.4 Å². The molecule has 0 atom stereocenters. The molecule has 0 bridgehead atoms. The number of carboxylic acids is 1. The Morgan fingerprint density at radius 1 is 1.32 bits per heavy atom. The first kappa shape index (κ1) is 14.3. The van der Waals surface area contributed by atoms with E-state index in [0.29, 0.717) is 18.0 Å². The number of anilines is 1. The maximum atomic E-state index is 12.1. The molecule has 22 heavy (non-hydrogen) atoms. The Bertz CT molecular complexity index is 704. The van der Waals surface area contributed by atoms with Gasteiger partial charge in [0.1, 0.15) is 0 Å². The predicted molar refractivity (Wildman–Crippen MR) is 78.8 cm³/mol. The Morgan fingerprint density at radius 2 is 2.14 bits per heavy atom. The molecule has 1 saturated carbocycles. The molecule has 2 N–H and O–H groups in total. The van der Waals surface area contributed by atoms with E-state index >= 15 is 0 Å². The molecule has 0 aliphatic heterocycles. The fourth-order valence-electron chi connectivity index (χ4n) is 2.22. The molecule has 1 aromatic heterocycles. The Balaban J connectivity index is 1.64. The molecule has 1 aliphatic carbocycles. The van der Waals surface area contributed by atoms with E-state index in [9.17, 15) is 9.59 Å². The van der Waals surface area contributed by atoms with Crippen LogP contribution >= 0.6 is 0 Å². The van der Waals surface area contributed by atoms with E-state index in [-0.39, 0.29) is 18.1 Å². The minimum Gasteiger partial charge on any atom is -0.481 e. The Morgan fingerprint density at radius 3 is 2.86 bits per heavy atom. The monoisotopic (exact) mass is 300 g/mol. The highest BCUT2D eigenvalue weighted by Gasteiger charge is 2.28. The number of hydrogen-bond donors (Lipinski definition) is 2. The number of aromatic nitrogens is 1. The minimum absolute atomic E-state index is 0.0598. The van der Waals surface area contributed by atoms with Gasteiger partial charge in [-0.25, -0.2) is 0 Å². The largest absolute Gasteiger partial charge is 0.481 e. The third-order valence-electron chi connectivity index (χ3n) is 3.56. The van der Waals surface area contributed by atoms with Gasteiger partial charge in [0.25, 0.3) is 5.91 Å². The molecule has 2 aromatic rings. The van der Waals surface area contributed by atoms with Crippen molar-refractivity contribution in [2.24, 2.45) is 0 Å². The molecular weight excluding hydrogens is 284 g/mol. The van der Waals surface area contributed by atoms with Crippen LogP contribution in [0.2, 0.25) is 0 Å². The normalized spacial score (nSPS) is 13.8. The molecule has 114 valence electrons. The molecule has 0 saturated heterocycles. The summed E-state index contributed by atoms with van der Waals surface area (Å²) < 4.78 is 5.07. The Labute approximate surface area is 127 Å². The summed E-state index contributed by atoms with van der Waals surface area (Å²) in [4.78, 5) is 22.7. The summed E-state index contributed by atoms with van der Waals surface area (Å²) in [6.45, 7) is 0. The lowest BCUT2D eigenvalue weighted by Gasteiger charge is -2.05. The van der Waals surface area contributed by atoms with E-state index < -0.39 is 5.97 Å². The second-order valence-corrected chi connectivity index (χ2v) is 5.44. The molecule has 1 amide bonds. The summed E-state index contributed by atoms with van der Waals surface area (Å²) in [5, 5.41) is 15.3. The number of amides is 1. The van der Waals surface area contributed by atoms with Crippen molar-refractivity contribution in [2.75, 3.05) is 5.32 Å². The van der Waals surface area contributed by atoms with E-state index in [2.05, 4.69) is 10.5 Å². The molecule has 3 rings (SSSR count). The molecule has 1 heterocycles. The van der Waals surface area contributed by atoms with Gasteiger partial charge in [0.15, 0.2) is 0 Å². The van der Waals surface area contributed by atoms with Gasteiger partial charge in [-0.05, 0) is 37.0 Å². The Hall–Kier alpha value is -2.63. The summed E-state index contributed by atoms with van der Waals surface area (Å²) in [5.74, 6) is -0.569. The summed E-state index contributed by atoms with van der Waals surface area (Å²) in [5.41, 5.74) is 2.30. The third kappa shape index (κ3) is 3.52. The van der Waals surface area contributed by atoms with Crippen LogP contribution in [-0.2, 0) is 11.2 Å². The van der Waals surface area contributed by atoms with E-state index in [0.717, 1.165) is 24.1 Å². The van der Waals surface area contributed by atoms with Crippen LogP contribution in [0.15, 0.2) is 34.9 Å². The summed E-state index contributed by atoms with van der Waals surface area (Å²) in [6, 6.07) is 8.81. The highest BCUT2D eigenvalue weighted by atomic mass is 16.5. The minimum atomic E-state index is -0.844. The fraction of sp³-hybridized carbons (Fsp3) is 0.312. The molecule has 6 heteroatoms. The molecule has 1 aliphatic rings. The lowest BCUT2D eigenvalue weighted by Crippen LogP contribution is -2.11. The van der Waals surface area contributed by atoms with Crippen LogP contribution in [0, 0.1) is 0 Å². The number of nitrogens with zero attached hydrogens (tertiary/aromatic N) is 1. The standard InChI is InChI=1S/C16H16N2O4/c19-15(20)7-4-10-2-1-3-12(8-10)17-16(21)14-9-13(18-22-14)11-5-6-11/h1-3,8-9,11H,4-7H2,(H,17,21)(H,19,20). The SMILES string of the molecule is O=C(O)CCc1cccc(NC(=O)c2cc(C3CC3)no2)c1. The van der Waals surface area contributed by atoms with E-state index in [4.69, 9.17) is 9.63 Å². The number of hydrogen-bond acceptors (Lipinski definition) is 4. The maximum absolute atomic E-state index is 12.1. The van der Waals surface area contributed by atoms with Gasteiger partial charge in [-0.3, -0.25) is 9.59 Å². The molecule has 1 fully saturated rings. The number of carbonyl (C=O) groups excluding carboxylic acids is 1. The number of rotatable bonds is 6. The Kier molecular flexibility index (Phi) is 3.91. The average Bonchev–Trinajstić information content (AvgIpc) is 3.22. The van der Waals surface area contributed by atoms with Crippen LogP contribution in [0.3, 0.4) is 0 Å². The van der Waals surface area contributed by atoms with Crippen molar-refractivity contribution in [3.8, 4) is 0 Å². The van der Waals surface area contributed by atoms with Gasteiger partial charge in [0, 0.05) is 24.1 Å². The zero-order valence-corrected chi connectivity index (χ0v) is 11.9. The fourth-order valence-corrected chi connectivity index (χ4v) is 2.22. The average molecular weight is 300 g/mol. The van der Waals surface area contributed by atoms with Crippen molar-refractivity contribution < 1.29 is 19.2 Å².